The van der Waals surface area contributed by atoms with E-state index in [0.29, 0.717) is 41.6 Å². The van der Waals surface area contributed by atoms with Crippen LogP contribution in [0.15, 0.2) is 47.4 Å². The lowest BCUT2D eigenvalue weighted by atomic mass is 10.2. The summed E-state index contributed by atoms with van der Waals surface area (Å²) < 4.78 is 46.2. The second-order valence-corrected chi connectivity index (χ2v) is 11.3. The van der Waals surface area contributed by atoms with Gasteiger partial charge in [0.2, 0.25) is 10.0 Å². The van der Waals surface area contributed by atoms with Gasteiger partial charge in [0.05, 0.1) is 22.8 Å². The van der Waals surface area contributed by atoms with E-state index < -0.39 is 15.8 Å². The molecule has 1 amide bonds. The van der Waals surface area contributed by atoms with Crippen molar-refractivity contribution in [2.75, 3.05) is 58.4 Å². The van der Waals surface area contributed by atoms with Gasteiger partial charge in [0.15, 0.2) is 5.13 Å². The maximum absolute atomic E-state index is 14.3. The van der Waals surface area contributed by atoms with E-state index in [4.69, 9.17) is 4.74 Å². The highest BCUT2D eigenvalue weighted by Gasteiger charge is 2.24. The minimum atomic E-state index is -3.60. The first kappa shape index (κ1) is 24.7. The van der Waals surface area contributed by atoms with Crippen LogP contribution in [-0.2, 0) is 14.8 Å². The monoisotopic (exact) mass is 506 g/mol. The third kappa shape index (κ3) is 5.28. The molecule has 0 spiro atoms. The summed E-state index contributed by atoms with van der Waals surface area (Å²) in [6.07, 6.45) is 0.706. The Hall–Kier alpha value is -2.44. The van der Waals surface area contributed by atoms with Gasteiger partial charge in [-0.25, -0.2) is 22.1 Å². The lowest BCUT2D eigenvalue weighted by Gasteiger charge is -2.27. The first-order chi connectivity index (χ1) is 16.3. The molecule has 1 aliphatic rings. The van der Waals surface area contributed by atoms with Gasteiger partial charge in [0, 0.05) is 45.8 Å². The number of thiazole rings is 1. The average Bonchev–Trinajstić information content (AvgIpc) is 3.27. The van der Waals surface area contributed by atoms with Gasteiger partial charge in [-0.15, -0.1) is 0 Å². The number of para-hydroxylation sites is 1. The number of benzene rings is 2. The first-order valence-electron chi connectivity index (χ1n) is 11.0. The quantitative estimate of drug-likeness (QED) is 0.467. The molecule has 1 aromatic heterocycles. The lowest BCUT2D eigenvalue weighted by molar-refractivity contribution is 0.0376. The van der Waals surface area contributed by atoms with E-state index in [9.17, 15) is 17.6 Å². The maximum atomic E-state index is 14.3. The molecule has 0 saturated carbocycles. The Balaban J connectivity index is 1.59. The van der Waals surface area contributed by atoms with Gasteiger partial charge in [-0.3, -0.25) is 14.6 Å². The van der Waals surface area contributed by atoms with Gasteiger partial charge in [0.1, 0.15) is 11.3 Å². The number of fused-ring (bicyclic) bond motifs is 1. The van der Waals surface area contributed by atoms with Crippen LogP contribution in [0.4, 0.5) is 9.52 Å². The van der Waals surface area contributed by atoms with Gasteiger partial charge in [-0.2, -0.15) is 0 Å². The largest absolute Gasteiger partial charge is 0.379 e. The van der Waals surface area contributed by atoms with Crippen molar-refractivity contribution in [1.82, 2.24) is 14.2 Å². The molecule has 182 valence electrons. The summed E-state index contributed by atoms with van der Waals surface area (Å²) in [5.74, 6) is -0.741. The Morgan fingerprint density at radius 2 is 1.85 bits per heavy atom. The van der Waals surface area contributed by atoms with Crippen LogP contribution < -0.4 is 4.90 Å². The van der Waals surface area contributed by atoms with Crippen molar-refractivity contribution in [2.45, 2.75) is 11.3 Å². The molecule has 1 aliphatic heterocycles. The predicted molar refractivity (Wildman–Crippen MR) is 130 cm³/mol. The third-order valence-electron chi connectivity index (χ3n) is 5.67. The van der Waals surface area contributed by atoms with Crippen molar-refractivity contribution in [3.63, 3.8) is 0 Å². The number of anilines is 1. The number of hydrogen-bond donors (Lipinski definition) is 0. The summed E-state index contributed by atoms with van der Waals surface area (Å²) in [4.78, 5) is 21.9. The number of carbonyl (C=O) groups is 1. The minimum absolute atomic E-state index is 0.106. The van der Waals surface area contributed by atoms with Crippen LogP contribution in [0.2, 0.25) is 0 Å². The number of nitrogens with zero attached hydrogens (tertiary/aromatic N) is 4. The summed E-state index contributed by atoms with van der Waals surface area (Å²) in [7, 11) is -0.689. The summed E-state index contributed by atoms with van der Waals surface area (Å²) in [6, 6.07) is 10.6. The van der Waals surface area contributed by atoms with Gasteiger partial charge in [0.25, 0.3) is 5.91 Å². The zero-order chi connectivity index (χ0) is 24.3. The minimum Gasteiger partial charge on any atom is -0.379 e. The van der Waals surface area contributed by atoms with E-state index in [1.165, 1.54) is 55.8 Å². The van der Waals surface area contributed by atoms with Crippen molar-refractivity contribution in [3.05, 3.63) is 53.8 Å². The van der Waals surface area contributed by atoms with Crippen LogP contribution in [0.3, 0.4) is 0 Å². The van der Waals surface area contributed by atoms with Crippen LogP contribution in [0.1, 0.15) is 16.8 Å². The molecule has 2 heterocycles. The van der Waals surface area contributed by atoms with Crippen LogP contribution in [-0.4, -0.2) is 82.0 Å². The first-order valence-corrected chi connectivity index (χ1v) is 13.2. The molecule has 1 fully saturated rings. The molecule has 1 saturated heterocycles. The number of sulfonamides is 1. The number of aromatic nitrogens is 1. The molecule has 0 unspecified atom stereocenters. The number of amides is 1. The Kier molecular flexibility index (Phi) is 7.58. The topological polar surface area (TPSA) is 83.1 Å². The van der Waals surface area contributed by atoms with Crippen molar-refractivity contribution in [3.8, 4) is 0 Å². The van der Waals surface area contributed by atoms with E-state index in [1.807, 2.05) is 0 Å². The number of hydrogen-bond acceptors (Lipinski definition) is 7. The third-order valence-corrected chi connectivity index (χ3v) is 8.55. The van der Waals surface area contributed by atoms with Crippen LogP contribution in [0.25, 0.3) is 10.2 Å². The Bertz CT molecular complexity index is 1260. The summed E-state index contributed by atoms with van der Waals surface area (Å²) in [5.41, 5.74) is 0.574. The lowest BCUT2D eigenvalue weighted by Crippen LogP contribution is -2.39. The second-order valence-electron chi connectivity index (χ2n) is 8.16. The average molecular weight is 507 g/mol. The number of ether oxygens (including phenoxy) is 1. The summed E-state index contributed by atoms with van der Waals surface area (Å²) >= 11 is 1.26. The fraction of sp³-hybridized carbons (Fsp3) is 0.391. The summed E-state index contributed by atoms with van der Waals surface area (Å²) in [6.45, 7) is 4.29. The molecular formula is C23H27FN4O4S2. The molecule has 34 heavy (non-hydrogen) atoms. The van der Waals surface area contributed by atoms with Crippen LogP contribution in [0, 0.1) is 5.82 Å². The molecule has 0 N–H and O–H groups in total. The van der Waals surface area contributed by atoms with E-state index in [1.54, 1.807) is 17.0 Å². The highest BCUT2D eigenvalue weighted by atomic mass is 32.2. The molecular weight excluding hydrogens is 479 g/mol. The normalized spacial score (nSPS) is 15.2. The van der Waals surface area contributed by atoms with E-state index >= 15 is 0 Å². The molecule has 0 atom stereocenters. The fourth-order valence-electron chi connectivity index (χ4n) is 3.72. The molecule has 2 aromatic carbocycles. The van der Waals surface area contributed by atoms with E-state index in [0.717, 1.165) is 23.9 Å². The van der Waals surface area contributed by atoms with E-state index in [2.05, 4.69) is 9.88 Å². The van der Waals surface area contributed by atoms with Crippen LogP contribution in [0.5, 0.6) is 0 Å². The molecule has 8 nitrogen and oxygen atoms in total. The molecule has 0 radical (unpaired) electrons. The zero-order valence-corrected chi connectivity index (χ0v) is 20.7. The number of rotatable bonds is 8. The second kappa shape index (κ2) is 10.4. The molecule has 0 bridgehead atoms. The molecule has 4 rings (SSSR count). The van der Waals surface area contributed by atoms with Gasteiger partial charge in [-0.05, 0) is 42.8 Å². The highest BCUT2D eigenvalue weighted by molar-refractivity contribution is 7.89. The Morgan fingerprint density at radius 1 is 1.15 bits per heavy atom. The smallest absolute Gasteiger partial charge is 0.260 e. The van der Waals surface area contributed by atoms with E-state index in [-0.39, 0.29) is 16.3 Å². The van der Waals surface area contributed by atoms with Crippen molar-refractivity contribution in [2.24, 2.45) is 0 Å². The van der Waals surface area contributed by atoms with Gasteiger partial charge >= 0.3 is 0 Å². The molecule has 3 aromatic rings. The molecule has 0 aliphatic carbocycles. The molecule has 11 heteroatoms. The maximum Gasteiger partial charge on any atom is 0.260 e. The number of carbonyl (C=O) groups excluding carboxylic acids is 1. The Labute approximate surface area is 202 Å². The predicted octanol–water partition coefficient (Wildman–Crippen LogP) is 3.05. The number of morpholine rings is 1. The van der Waals surface area contributed by atoms with Crippen molar-refractivity contribution in [1.29, 1.82) is 0 Å². The van der Waals surface area contributed by atoms with Crippen LogP contribution >= 0.6 is 11.3 Å². The van der Waals surface area contributed by atoms with Gasteiger partial charge in [-0.1, -0.05) is 17.4 Å². The Morgan fingerprint density at radius 3 is 2.50 bits per heavy atom. The standard InChI is InChI=1S/C23H27FN4O4S2/c1-26(2)34(30,31)18-9-7-17(8-10-18)22(29)28(12-4-11-27-13-15-32-16-14-27)23-25-21-19(24)5-3-6-20(21)33-23/h3,5-10H,4,11-16H2,1-2H3. The van der Waals surface area contributed by atoms with Crippen molar-refractivity contribution < 1.29 is 22.3 Å². The summed E-state index contributed by atoms with van der Waals surface area (Å²) in [5, 5.41) is 0.414. The van der Waals surface area contributed by atoms with Crippen molar-refractivity contribution >= 4 is 42.6 Å². The fourth-order valence-corrected chi connectivity index (χ4v) is 5.62. The zero-order valence-electron chi connectivity index (χ0n) is 19.1. The highest BCUT2D eigenvalue weighted by Crippen LogP contribution is 2.31. The SMILES string of the molecule is CN(C)S(=O)(=O)c1ccc(C(=O)N(CCCN2CCOCC2)c2nc3c(F)cccc3s2)cc1. The van der Waals surface area contributed by atoms with Gasteiger partial charge < -0.3 is 4.74 Å². The number of halogens is 1.